The highest BCUT2D eigenvalue weighted by atomic mass is 32.2. The van der Waals surface area contributed by atoms with Crippen molar-refractivity contribution in [3.05, 3.63) is 59.4 Å². The van der Waals surface area contributed by atoms with E-state index in [1.807, 2.05) is 41.0 Å². The summed E-state index contributed by atoms with van der Waals surface area (Å²) in [5, 5.41) is 1.86. The third-order valence-electron chi connectivity index (χ3n) is 3.37. The lowest BCUT2D eigenvalue weighted by atomic mass is 10.3. The van der Waals surface area contributed by atoms with E-state index in [4.69, 9.17) is 0 Å². The molecule has 0 radical (unpaired) electrons. The van der Waals surface area contributed by atoms with Gasteiger partial charge in [0.05, 0.1) is 10.6 Å². The molecule has 1 N–H and O–H groups in total. The number of pyridine rings is 1. The van der Waals surface area contributed by atoms with Crippen molar-refractivity contribution in [3.8, 4) is 5.69 Å². The van der Waals surface area contributed by atoms with Gasteiger partial charge in [-0.25, -0.2) is 9.97 Å². The monoisotopic (exact) mass is 322 g/mol. The van der Waals surface area contributed by atoms with E-state index < -0.39 is 5.91 Å². The van der Waals surface area contributed by atoms with Crippen LogP contribution in [0.3, 0.4) is 0 Å². The molecule has 6 nitrogen and oxygen atoms in total. The summed E-state index contributed by atoms with van der Waals surface area (Å²) in [4.78, 5) is 32.1. The van der Waals surface area contributed by atoms with Gasteiger partial charge in [0.2, 0.25) is 0 Å². The SMILES string of the molecule is O=C1NC(=O)C(=Cc2ccc3ncn(-c4ccccc4)c3n2)S1. The number of nitrogens with zero attached hydrogens (tertiary/aromatic N) is 3. The van der Waals surface area contributed by atoms with Crippen molar-refractivity contribution in [2.45, 2.75) is 0 Å². The summed E-state index contributed by atoms with van der Waals surface area (Å²) in [5.74, 6) is -0.390. The zero-order valence-electron chi connectivity index (χ0n) is 11.8. The van der Waals surface area contributed by atoms with Crippen LogP contribution in [-0.2, 0) is 4.79 Å². The Labute approximate surface area is 135 Å². The minimum Gasteiger partial charge on any atom is -0.283 e. The molecule has 1 aliphatic heterocycles. The number of thioether (sulfide) groups is 1. The zero-order valence-corrected chi connectivity index (χ0v) is 12.6. The Morgan fingerprint density at radius 3 is 2.65 bits per heavy atom. The fraction of sp³-hybridized carbons (Fsp3) is 0. The second-order valence-electron chi connectivity index (χ2n) is 4.88. The van der Waals surface area contributed by atoms with Gasteiger partial charge in [0.25, 0.3) is 11.1 Å². The first-order chi connectivity index (χ1) is 11.2. The van der Waals surface area contributed by atoms with Crippen molar-refractivity contribution >= 4 is 40.1 Å². The molecule has 2 amide bonds. The summed E-state index contributed by atoms with van der Waals surface area (Å²) >= 11 is 0.876. The minimum absolute atomic E-state index is 0.340. The molecule has 4 rings (SSSR count). The standard InChI is InChI=1S/C16H10N4O2S/c21-15-13(23-16(22)19-15)8-10-6-7-12-14(18-10)20(9-17-12)11-4-2-1-3-5-11/h1-9H,(H,19,21,22). The topological polar surface area (TPSA) is 76.9 Å². The Morgan fingerprint density at radius 1 is 1.09 bits per heavy atom. The molecule has 23 heavy (non-hydrogen) atoms. The van der Waals surface area contributed by atoms with Crippen LogP contribution < -0.4 is 5.32 Å². The van der Waals surface area contributed by atoms with E-state index in [1.165, 1.54) is 0 Å². The minimum atomic E-state index is -0.390. The summed E-state index contributed by atoms with van der Waals surface area (Å²) in [7, 11) is 0. The number of nitrogens with one attached hydrogen (secondary N) is 1. The molecule has 3 heterocycles. The lowest BCUT2D eigenvalue weighted by molar-refractivity contribution is -0.115. The lowest BCUT2D eigenvalue weighted by Crippen LogP contribution is -2.17. The molecule has 112 valence electrons. The van der Waals surface area contributed by atoms with Crippen LogP contribution in [0.1, 0.15) is 5.69 Å². The molecule has 0 unspecified atom stereocenters. The first-order valence-electron chi connectivity index (χ1n) is 6.85. The molecule has 1 aromatic carbocycles. The maximum Gasteiger partial charge on any atom is 0.290 e. The van der Waals surface area contributed by atoms with E-state index in [9.17, 15) is 9.59 Å². The van der Waals surface area contributed by atoms with Gasteiger partial charge in [-0.05, 0) is 42.1 Å². The van der Waals surface area contributed by atoms with Gasteiger partial charge >= 0.3 is 0 Å². The Balaban J connectivity index is 1.80. The van der Waals surface area contributed by atoms with Crippen LogP contribution in [0.15, 0.2) is 53.7 Å². The van der Waals surface area contributed by atoms with Crippen LogP contribution in [0.25, 0.3) is 22.9 Å². The summed E-state index contributed by atoms with van der Waals surface area (Å²) in [6.07, 6.45) is 3.32. The average molecular weight is 322 g/mol. The number of hydrogen-bond donors (Lipinski definition) is 1. The number of imidazole rings is 1. The van der Waals surface area contributed by atoms with Crippen LogP contribution in [-0.4, -0.2) is 25.7 Å². The average Bonchev–Trinajstić information content (AvgIpc) is 3.11. The molecule has 0 saturated carbocycles. The van der Waals surface area contributed by atoms with E-state index in [-0.39, 0.29) is 5.24 Å². The number of amides is 2. The van der Waals surface area contributed by atoms with E-state index in [2.05, 4.69) is 15.3 Å². The Kier molecular flexibility index (Phi) is 3.20. The third kappa shape index (κ3) is 2.51. The van der Waals surface area contributed by atoms with Crippen molar-refractivity contribution in [1.29, 1.82) is 0 Å². The van der Waals surface area contributed by atoms with E-state index in [0.717, 1.165) is 23.0 Å². The second-order valence-corrected chi connectivity index (χ2v) is 5.90. The summed E-state index contributed by atoms with van der Waals surface area (Å²) < 4.78 is 1.88. The third-order valence-corrected chi connectivity index (χ3v) is 4.18. The molecular formula is C16H10N4O2S. The number of imide groups is 1. The fourth-order valence-electron chi connectivity index (χ4n) is 2.32. The van der Waals surface area contributed by atoms with Crippen molar-refractivity contribution in [3.63, 3.8) is 0 Å². The number of hydrogen-bond acceptors (Lipinski definition) is 5. The van der Waals surface area contributed by atoms with Gasteiger partial charge in [-0.1, -0.05) is 18.2 Å². The molecule has 0 atom stereocenters. The van der Waals surface area contributed by atoms with Gasteiger partial charge in [0, 0.05) is 5.69 Å². The maximum atomic E-state index is 11.6. The predicted molar refractivity (Wildman–Crippen MR) is 88.0 cm³/mol. The summed E-state index contributed by atoms with van der Waals surface area (Å²) in [5.41, 5.74) is 3.01. The van der Waals surface area contributed by atoms with Crippen molar-refractivity contribution in [1.82, 2.24) is 19.9 Å². The number of rotatable bonds is 2. The molecule has 1 fully saturated rings. The van der Waals surface area contributed by atoms with Crippen molar-refractivity contribution in [2.75, 3.05) is 0 Å². The van der Waals surface area contributed by atoms with Crippen LogP contribution in [0.2, 0.25) is 0 Å². The molecule has 1 saturated heterocycles. The molecule has 0 spiro atoms. The normalized spacial score (nSPS) is 16.3. The predicted octanol–water partition coefficient (Wildman–Crippen LogP) is 2.74. The van der Waals surface area contributed by atoms with Crippen molar-refractivity contribution in [2.24, 2.45) is 0 Å². The van der Waals surface area contributed by atoms with Crippen molar-refractivity contribution < 1.29 is 9.59 Å². The highest BCUT2D eigenvalue weighted by molar-refractivity contribution is 8.18. The van der Waals surface area contributed by atoms with Crippen LogP contribution >= 0.6 is 11.8 Å². The largest absolute Gasteiger partial charge is 0.290 e. The van der Waals surface area contributed by atoms with Gasteiger partial charge in [0.15, 0.2) is 5.65 Å². The van der Waals surface area contributed by atoms with E-state index in [0.29, 0.717) is 16.2 Å². The second kappa shape index (κ2) is 5.36. The summed E-state index contributed by atoms with van der Waals surface area (Å²) in [6.45, 7) is 0. The quantitative estimate of drug-likeness (QED) is 0.734. The van der Waals surface area contributed by atoms with Gasteiger partial charge in [-0.2, -0.15) is 0 Å². The summed E-state index contributed by atoms with van der Waals surface area (Å²) in [6, 6.07) is 13.4. The van der Waals surface area contributed by atoms with Gasteiger partial charge in [-0.3, -0.25) is 19.5 Å². The molecule has 2 aromatic heterocycles. The molecular weight excluding hydrogens is 312 g/mol. The lowest BCUT2D eigenvalue weighted by Gasteiger charge is -2.03. The Morgan fingerprint density at radius 2 is 1.91 bits per heavy atom. The molecule has 0 bridgehead atoms. The smallest absolute Gasteiger partial charge is 0.283 e. The Bertz CT molecular complexity index is 963. The van der Waals surface area contributed by atoms with Gasteiger partial charge in [-0.15, -0.1) is 0 Å². The zero-order chi connectivity index (χ0) is 15.8. The molecule has 7 heteroatoms. The van der Waals surface area contributed by atoms with Gasteiger partial charge < -0.3 is 0 Å². The maximum absolute atomic E-state index is 11.6. The van der Waals surface area contributed by atoms with Gasteiger partial charge in [0.1, 0.15) is 11.8 Å². The number of para-hydroxylation sites is 1. The molecule has 1 aliphatic rings. The first kappa shape index (κ1) is 13.7. The Hall–Kier alpha value is -2.93. The van der Waals surface area contributed by atoms with E-state index in [1.54, 1.807) is 18.5 Å². The number of carbonyl (C=O) groups is 2. The highest BCUT2D eigenvalue weighted by Gasteiger charge is 2.25. The number of carbonyl (C=O) groups excluding carboxylic acids is 2. The first-order valence-corrected chi connectivity index (χ1v) is 7.67. The van der Waals surface area contributed by atoms with Crippen LogP contribution in [0.4, 0.5) is 4.79 Å². The number of benzene rings is 1. The molecule has 3 aromatic rings. The highest BCUT2D eigenvalue weighted by Crippen LogP contribution is 2.25. The van der Waals surface area contributed by atoms with Crippen LogP contribution in [0, 0.1) is 0 Å². The number of fused-ring (bicyclic) bond motifs is 1. The van der Waals surface area contributed by atoms with Crippen LogP contribution in [0.5, 0.6) is 0 Å². The fourth-order valence-corrected chi connectivity index (χ4v) is 2.99. The molecule has 0 aliphatic carbocycles. The van der Waals surface area contributed by atoms with E-state index >= 15 is 0 Å². The number of aromatic nitrogens is 3.